The van der Waals surface area contributed by atoms with Crippen LogP contribution in [-0.2, 0) is 11.2 Å². The first-order chi connectivity index (χ1) is 8.66. The monoisotopic (exact) mass is 246 g/mol. The second-order valence-corrected chi connectivity index (χ2v) is 3.50. The lowest BCUT2D eigenvalue weighted by molar-refractivity contribution is -0.136. The molecule has 0 aliphatic heterocycles. The van der Waals surface area contributed by atoms with Crippen molar-refractivity contribution in [3.8, 4) is 0 Å². The highest BCUT2D eigenvalue weighted by Gasteiger charge is 2.17. The molecule has 2 aromatic rings. The molecule has 0 spiro atoms. The summed E-state index contributed by atoms with van der Waals surface area (Å²) < 4.78 is 4.97. The average molecular weight is 246 g/mol. The van der Waals surface area contributed by atoms with Crippen LogP contribution < -0.4 is 5.32 Å². The van der Waals surface area contributed by atoms with Crippen LogP contribution in [0.4, 0.5) is 5.82 Å². The molecule has 92 valence electrons. The molecular weight excluding hydrogens is 236 g/mol. The van der Waals surface area contributed by atoms with E-state index < -0.39 is 11.9 Å². The predicted molar refractivity (Wildman–Crippen MR) is 62.2 cm³/mol. The summed E-state index contributed by atoms with van der Waals surface area (Å²) in [7, 11) is 0. The topological polar surface area (TPSA) is 92.4 Å². The van der Waals surface area contributed by atoms with Gasteiger partial charge >= 0.3 is 5.97 Å². The predicted octanol–water partition coefficient (Wildman–Crippen LogP) is 1.55. The van der Waals surface area contributed by atoms with Crippen LogP contribution in [0, 0.1) is 0 Å². The molecule has 1 amide bonds. The normalized spacial score (nSPS) is 10.0. The van der Waals surface area contributed by atoms with Gasteiger partial charge in [0.25, 0.3) is 5.91 Å². The highest BCUT2D eigenvalue weighted by molar-refractivity contribution is 6.04. The van der Waals surface area contributed by atoms with E-state index in [9.17, 15) is 9.59 Å². The summed E-state index contributed by atoms with van der Waals surface area (Å²) in [5.41, 5.74) is 0.197. The Hall–Kier alpha value is -2.63. The molecule has 0 saturated heterocycles. The molecule has 0 fully saturated rings. The zero-order valence-electron chi connectivity index (χ0n) is 9.29. The van der Waals surface area contributed by atoms with Gasteiger partial charge in [0.15, 0.2) is 0 Å². The molecule has 0 aliphatic carbocycles. The van der Waals surface area contributed by atoms with Crippen molar-refractivity contribution in [3.05, 3.63) is 48.0 Å². The van der Waals surface area contributed by atoms with Gasteiger partial charge in [-0.25, -0.2) is 4.98 Å². The highest BCUT2D eigenvalue weighted by Crippen LogP contribution is 2.13. The standard InChI is InChI=1S/C12H10N2O4/c15-11(16)7-9-8(4-6-18-9)12(17)14-10-3-1-2-5-13-10/h1-6H,7H2,(H,15,16)(H,13,14,17). The third-order valence-electron chi connectivity index (χ3n) is 2.21. The Morgan fingerprint density at radius 1 is 1.33 bits per heavy atom. The van der Waals surface area contributed by atoms with E-state index in [4.69, 9.17) is 9.52 Å². The van der Waals surface area contributed by atoms with E-state index in [1.807, 2.05) is 0 Å². The number of carbonyl (C=O) groups excluding carboxylic acids is 1. The Kier molecular flexibility index (Phi) is 3.38. The summed E-state index contributed by atoms with van der Waals surface area (Å²) in [6.07, 6.45) is 2.49. The number of hydrogen-bond acceptors (Lipinski definition) is 4. The molecule has 0 saturated carbocycles. The van der Waals surface area contributed by atoms with Crippen molar-refractivity contribution in [2.24, 2.45) is 0 Å². The first-order valence-corrected chi connectivity index (χ1v) is 5.17. The number of carboxylic acids is 1. The molecule has 2 heterocycles. The summed E-state index contributed by atoms with van der Waals surface area (Å²) >= 11 is 0. The maximum absolute atomic E-state index is 11.9. The second kappa shape index (κ2) is 5.13. The largest absolute Gasteiger partial charge is 0.481 e. The molecule has 2 rings (SSSR count). The number of aromatic nitrogens is 1. The molecule has 0 atom stereocenters. The zero-order valence-corrected chi connectivity index (χ0v) is 9.29. The van der Waals surface area contributed by atoms with Crippen LogP contribution in [0.3, 0.4) is 0 Å². The number of anilines is 1. The lowest BCUT2D eigenvalue weighted by atomic mass is 10.2. The lowest BCUT2D eigenvalue weighted by Crippen LogP contribution is -2.15. The number of aliphatic carboxylic acids is 1. The van der Waals surface area contributed by atoms with Crippen LogP contribution in [0.1, 0.15) is 16.1 Å². The number of rotatable bonds is 4. The first kappa shape index (κ1) is 11.8. The summed E-state index contributed by atoms with van der Waals surface area (Å²) in [6, 6.07) is 6.52. The fraction of sp³-hybridized carbons (Fsp3) is 0.0833. The molecule has 6 heteroatoms. The molecule has 0 aromatic carbocycles. The molecular formula is C12H10N2O4. The Morgan fingerprint density at radius 2 is 2.17 bits per heavy atom. The van der Waals surface area contributed by atoms with Gasteiger partial charge in [0, 0.05) is 6.20 Å². The van der Waals surface area contributed by atoms with Gasteiger partial charge in [-0.2, -0.15) is 0 Å². The molecule has 0 aliphatic rings. The van der Waals surface area contributed by atoms with Gasteiger partial charge in [0.2, 0.25) is 0 Å². The number of carboxylic acid groups (broad SMARTS) is 1. The van der Waals surface area contributed by atoms with Gasteiger partial charge in [-0.3, -0.25) is 9.59 Å². The van der Waals surface area contributed by atoms with Crippen molar-refractivity contribution in [1.29, 1.82) is 0 Å². The van der Waals surface area contributed by atoms with Crippen molar-refractivity contribution in [1.82, 2.24) is 4.98 Å². The maximum atomic E-state index is 11.9. The van der Waals surface area contributed by atoms with Gasteiger partial charge < -0.3 is 14.8 Å². The third-order valence-corrected chi connectivity index (χ3v) is 2.21. The second-order valence-electron chi connectivity index (χ2n) is 3.50. The summed E-state index contributed by atoms with van der Waals surface area (Å²) in [4.78, 5) is 26.4. The van der Waals surface area contributed by atoms with Gasteiger partial charge in [0.05, 0.1) is 11.8 Å². The zero-order chi connectivity index (χ0) is 13.0. The first-order valence-electron chi connectivity index (χ1n) is 5.17. The van der Waals surface area contributed by atoms with Crippen LogP contribution in [0.15, 0.2) is 41.1 Å². The SMILES string of the molecule is O=C(O)Cc1occc1C(=O)Nc1ccccn1. The van der Waals surface area contributed by atoms with Crippen LogP contribution in [0.25, 0.3) is 0 Å². The minimum atomic E-state index is -1.06. The third kappa shape index (κ3) is 2.73. The van der Waals surface area contributed by atoms with Crippen molar-refractivity contribution in [3.63, 3.8) is 0 Å². The Labute approximate surface area is 102 Å². The molecule has 6 nitrogen and oxygen atoms in total. The van der Waals surface area contributed by atoms with E-state index in [2.05, 4.69) is 10.3 Å². The van der Waals surface area contributed by atoms with Crippen LogP contribution in [0.2, 0.25) is 0 Å². The van der Waals surface area contributed by atoms with Crippen molar-refractivity contribution < 1.29 is 19.1 Å². The fourth-order valence-corrected chi connectivity index (χ4v) is 1.44. The van der Waals surface area contributed by atoms with Crippen LogP contribution in [-0.4, -0.2) is 22.0 Å². The van der Waals surface area contributed by atoms with E-state index >= 15 is 0 Å². The number of hydrogen-bond donors (Lipinski definition) is 2. The number of furan rings is 1. The van der Waals surface area contributed by atoms with Gasteiger partial charge in [-0.05, 0) is 18.2 Å². The molecule has 2 aromatic heterocycles. The molecule has 0 unspecified atom stereocenters. The quantitative estimate of drug-likeness (QED) is 0.853. The highest BCUT2D eigenvalue weighted by atomic mass is 16.4. The Bertz CT molecular complexity index is 562. The lowest BCUT2D eigenvalue weighted by Gasteiger charge is -2.03. The summed E-state index contributed by atoms with van der Waals surface area (Å²) in [5.74, 6) is -0.989. The van der Waals surface area contributed by atoms with Gasteiger partial charge in [-0.1, -0.05) is 6.07 Å². The Balaban J connectivity index is 2.14. The number of carbonyl (C=O) groups is 2. The van der Waals surface area contributed by atoms with Crippen molar-refractivity contribution >= 4 is 17.7 Å². The van der Waals surface area contributed by atoms with E-state index in [0.29, 0.717) is 5.82 Å². The van der Waals surface area contributed by atoms with Crippen LogP contribution >= 0.6 is 0 Å². The van der Waals surface area contributed by atoms with Crippen molar-refractivity contribution in [2.75, 3.05) is 5.32 Å². The number of amides is 1. The smallest absolute Gasteiger partial charge is 0.311 e. The number of nitrogens with zero attached hydrogens (tertiary/aromatic N) is 1. The summed E-state index contributed by atoms with van der Waals surface area (Å²) in [5, 5.41) is 11.2. The average Bonchev–Trinajstić information content (AvgIpc) is 2.77. The van der Waals surface area contributed by atoms with E-state index in [1.54, 1.807) is 24.4 Å². The molecule has 0 radical (unpaired) electrons. The minimum absolute atomic E-state index is 0.121. The molecule has 0 bridgehead atoms. The molecule has 2 N–H and O–H groups in total. The van der Waals surface area contributed by atoms with Crippen LogP contribution in [0.5, 0.6) is 0 Å². The number of pyridine rings is 1. The fourth-order valence-electron chi connectivity index (χ4n) is 1.44. The number of nitrogens with one attached hydrogen (secondary N) is 1. The van der Waals surface area contributed by atoms with Gasteiger partial charge in [0.1, 0.15) is 18.0 Å². The van der Waals surface area contributed by atoms with E-state index in [1.165, 1.54) is 12.3 Å². The minimum Gasteiger partial charge on any atom is -0.481 e. The summed E-state index contributed by atoms with van der Waals surface area (Å²) in [6.45, 7) is 0. The van der Waals surface area contributed by atoms with E-state index in [0.717, 1.165) is 0 Å². The van der Waals surface area contributed by atoms with Crippen molar-refractivity contribution in [2.45, 2.75) is 6.42 Å². The maximum Gasteiger partial charge on any atom is 0.311 e. The van der Waals surface area contributed by atoms with Gasteiger partial charge in [-0.15, -0.1) is 0 Å². The Morgan fingerprint density at radius 3 is 2.83 bits per heavy atom. The molecule has 18 heavy (non-hydrogen) atoms. The van der Waals surface area contributed by atoms with E-state index in [-0.39, 0.29) is 17.7 Å².